The lowest BCUT2D eigenvalue weighted by Gasteiger charge is -2.29. The summed E-state index contributed by atoms with van der Waals surface area (Å²) >= 11 is 0. The molecular weight excluding hydrogens is 426 g/mol. The van der Waals surface area contributed by atoms with Gasteiger partial charge in [-0.3, -0.25) is 19.2 Å². The summed E-state index contributed by atoms with van der Waals surface area (Å²) in [6, 6.07) is 12.5. The molecule has 1 aliphatic heterocycles. The molecule has 0 spiro atoms. The maximum absolute atomic E-state index is 13.0. The van der Waals surface area contributed by atoms with Crippen molar-refractivity contribution in [2.24, 2.45) is 0 Å². The van der Waals surface area contributed by atoms with Crippen LogP contribution in [0.1, 0.15) is 72.2 Å². The first-order valence-corrected chi connectivity index (χ1v) is 12.7. The van der Waals surface area contributed by atoms with E-state index in [2.05, 4.69) is 10.0 Å². The van der Waals surface area contributed by atoms with E-state index in [0.717, 1.165) is 43.4 Å². The number of carbonyl (C=O) groups excluding carboxylic acids is 2. The van der Waals surface area contributed by atoms with E-state index in [1.165, 1.54) is 4.90 Å². The molecule has 32 heavy (non-hydrogen) atoms. The van der Waals surface area contributed by atoms with Gasteiger partial charge < -0.3 is 5.32 Å². The van der Waals surface area contributed by atoms with Crippen LogP contribution in [0.5, 0.6) is 0 Å². The molecule has 0 unspecified atom stereocenters. The van der Waals surface area contributed by atoms with Crippen LogP contribution in [0.4, 0.5) is 11.4 Å². The quantitative estimate of drug-likeness (QED) is 0.604. The van der Waals surface area contributed by atoms with Crippen LogP contribution < -0.4 is 10.0 Å². The molecule has 0 saturated heterocycles. The Morgan fingerprint density at radius 2 is 1.53 bits per heavy atom. The number of nitrogens with zero attached hydrogens (tertiary/aromatic N) is 1. The number of fused-ring (bicyclic) bond motifs is 1. The van der Waals surface area contributed by atoms with Crippen molar-refractivity contribution in [2.45, 2.75) is 63.8 Å². The first-order chi connectivity index (χ1) is 15.3. The van der Waals surface area contributed by atoms with Crippen LogP contribution in [0.25, 0.3) is 0 Å². The number of sulfonamides is 1. The molecule has 0 radical (unpaired) electrons. The standard InChI is InChI=1S/C24H29N3O4S/c1-16(2)32(30,31)26-18-10-8-17(9-11-18)15-25-19-12-13-21-22(14-19)24(29)27(23(21)28)20-6-4-3-5-7-20/h8-14,16,20,25-26H,3-7,15H2,1-2H3. The van der Waals surface area contributed by atoms with Crippen LogP contribution in [0.2, 0.25) is 0 Å². The minimum atomic E-state index is -3.38. The molecule has 1 heterocycles. The molecule has 7 nitrogen and oxygen atoms in total. The Bertz CT molecular complexity index is 1120. The van der Waals surface area contributed by atoms with Crippen molar-refractivity contribution in [1.82, 2.24) is 4.90 Å². The van der Waals surface area contributed by atoms with E-state index in [1.54, 1.807) is 38.1 Å². The second-order valence-corrected chi connectivity index (χ2v) is 11.0. The summed E-state index contributed by atoms with van der Waals surface area (Å²) in [6.45, 7) is 3.76. The van der Waals surface area contributed by atoms with Gasteiger partial charge in [0, 0.05) is 24.0 Å². The van der Waals surface area contributed by atoms with Crippen LogP contribution in [0, 0.1) is 0 Å². The molecule has 2 amide bonds. The Hall–Kier alpha value is -2.87. The second-order valence-electron chi connectivity index (χ2n) is 8.78. The Morgan fingerprint density at radius 1 is 0.906 bits per heavy atom. The Morgan fingerprint density at radius 3 is 2.19 bits per heavy atom. The maximum Gasteiger partial charge on any atom is 0.261 e. The van der Waals surface area contributed by atoms with Gasteiger partial charge in [-0.05, 0) is 62.6 Å². The molecule has 1 fully saturated rings. The topological polar surface area (TPSA) is 95.6 Å². The predicted molar refractivity (Wildman–Crippen MR) is 125 cm³/mol. The minimum Gasteiger partial charge on any atom is -0.381 e. The number of imide groups is 1. The summed E-state index contributed by atoms with van der Waals surface area (Å²) < 4.78 is 26.5. The van der Waals surface area contributed by atoms with Crippen LogP contribution in [0.15, 0.2) is 42.5 Å². The normalized spacial score (nSPS) is 17.0. The third-order valence-corrected chi connectivity index (χ3v) is 7.95. The Balaban J connectivity index is 1.41. The van der Waals surface area contributed by atoms with Gasteiger partial charge in [-0.2, -0.15) is 0 Å². The van der Waals surface area contributed by atoms with Gasteiger partial charge in [0.05, 0.1) is 16.4 Å². The van der Waals surface area contributed by atoms with Gasteiger partial charge in [-0.15, -0.1) is 0 Å². The summed E-state index contributed by atoms with van der Waals surface area (Å²) in [5.41, 5.74) is 3.19. The predicted octanol–water partition coefficient (Wildman–Crippen LogP) is 4.38. The summed E-state index contributed by atoms with van der Waals surface area (Å²) in [6.07, 6.45) is 5.06. The van der Waals surface area contributed by atoms with E-state index in [-0.39, 0.29) is 17.9 Å². The van der Waals surface area contributed by atoms with Crippen molar-refractivity contribution in [3.05, 3.63) is 59.2 Å². The average molecular weight is 456 g/mol. The maximum atomic E-state index is 13.0. The Kier molecular flexibility index (Phi) is 6.24. The van der Waals surface area contributed by atoms with Gasteiger partial charge in [0.2, 0.25) is 10.0 Å². The number of benzene rings is 2. The SMILES string of the molecule is CC(C)S(=O)(=O)Nc1ccc(CNc2ccc3c(c2)C(=O)N(C2CCCCC2)C3=O)cc1. The van der Waals surface area contributed by atoms with Gasteiger partial charge in [0.15, 0.2) is 0 Å². The third-order valence-electron chi connectivity index (χ3n) is 6.19. The number of rotatable bonds is 7. The van der Waals surface area contributed by atoms with Crippen molar-refractivity contribution in [1.29, 1.82) is 0 Å². The zero-order valence-electron chi connectivity index (χ0n) is 18.4. The average Bonchev–Trinajstić information content (AvgIpc) is 3.03. The highest BCUT2D eigenvalue weighted by atomic mass is 32.2. The number of hydrogen-bond acceptors (Lipinski definition) is 5. The highest BCUT2D eigenvalue weighted by Crippen LogP contribution is 2.32. The van der Waals surface area contributed by atoms with Crippen molar-refractivity contribution in [3.63, 3.8) is 0 Å². The number of nitrogens with one attached hydrogen (secondary N) is 2. The lowest BCUT2D eigenvalue weighted by Crippen LogP contribution is -2.40. The van der Waals surface area contributed by atoms with E-state index in [1.807, 2.05) is 18.2 Å². The summed E-state index contributed by atoms with van der Waals surface area (Å²) in [5, 5.41) is 2.78. The fraction of sp³-hybridized carbons (Fsp3) is 0.417. The molecule has 2 aliphatic rings. The molecule has 0 bridgehead atoms. The van der Waals surface area contributed by atoms with Crippen LogP contribution >= 0.6 is 0 Å². The highest BCUT2D eigenvalue weighted by Gasteiger charge is 2.40. The first kappa shape index (κ1) is 22.3. The van der Waals surface area contributed by atoms with Crippen molar-refractivity contribution < 1.29 is 18.0 Å². The van der Waals surface area contributed by atoms with Crippen LogP contribution in [0.3, 0.4) is 0 Å². The van der Waals surface area contributed by atoms with Crippen molar-refractivity contribution in [2.75, 3.05) is 10.0 Å². The molecule has 8 heteroatoms. The molecular formula is C24H29N3O4S. The van der Waals surface area contributed by atoms with Crippen molar-refractivity contribution >= 4 is 33.2 Å². The zero-order chi connectivity index (χ0) is 22.9. The molecule has 2 N–H and O–H groups in total. The van der Waals surface area contributed by atoms with Gasteiger partial charge in [0.1, 0.15) is 0 Å². The fourth-order valence-corrected chi connectivity index (χ4v) is 4.92. The lowest BCUT2D eigenvalue weighted by molar-refractivity contribution is 0.0549. The van der Waals surface area contributed by atoms with E-state index >= 15 is 0 Å². The molecule has 1 saturated carbocycles. The zero-order valence-corrected chi connectivity index (χ0v) is 19.2. The van der Waals surface area contributed by atoms with Gasteiger partial charge in [-0.25, -0.2) is 8.42 Å². The largest absolute Gasteiger partial charge is 0.381 e. The molecule has 2 aromatic rings. The minimum absolute atomic E-state index is 0.0131. The Labute approximate surface area is 189 Å². The van der Waals surface area contributed by atoms with E-state index in [4.69, 9.17) is 0 Å². The van der Waals surface area contributed by atoms with E-state index < -0.39 is 15.3 Å². The van der Waals surface area contributed by atoms with E-state index in [9.17, 15) is 18.0 Å². The number of anilines is 2. The fourth-order valence-electron chi connectivity index (χ4n) is 4.22. The number of amides is 2. The lowest BCUT2D eigenvalue weighted by atomic mass is 9.94. The molecule has 4 rings (SSSR count). The molecule has 1 aliphatic carbocycles. The number of carbonyl (C=O) groups is 2. The van der Waals surface area contributed by atoms with Crippen LogP contribution in [-0.4, -0.2) is 36.4 Å². The molecule has 0 aromatic heterocycles. The molecule has 170 valence electrons. The van der Waals surface area contributed by atoms with Gasteiger partial charge >= 0.3 is 0 Å². The van der Waals surface area contributed by atoms with Crippen LogP contribution in [-0.2, 0) is 16.6 Å². The summed E-state index contributed by atoms with van der Waals surface area (Å²) in [4.78, 5) is 27.2. The monoisotopic (exact) mass is 455 g/mol. The summed E-state index contributed by atoms with van der Waals surface area (Å²) in [5.74, 6) is -0.370. The van der Waals surface area contributed by atoms with Gasteiger partial charge in [0.25, 0.3) is 11.8 Å². The summed E-state index contributed by atoms with van der Waals surface area (Å²) in [7, 11) is -3.38. The third kappa shape index (κ3) is 4.50. The molecule has 0 atom stereocenters. The smallest absolute Gasteiger partial charge is 0.261 e. The van der Waals surface area contributed by atoms with Crippen molar-refractivity contribution in [3.8, 4) is 0 Å². The second kappa shape index (κ2) is 8.94. The van der Waals surface area contributed by atoms with Gasteiger partial charge in [-0.1, -0.05) is 31.4 Å². The first-order valence-electron chi connectivity index (χ1n) is 11.1. The molecule has 2 aromatic carbocycles. The highest BCUT2D eigenvalue weighted by molar-refractivity contribution is 7.93. The number of hydrogen-bond donors (Lipinski definition) is 2. The van der Waals surface area contributed by atoms with E-state index in [0.29, 0.717) is 23.4 Å².